The van der Waals surface area contributed by atoms with Crippen molar-refractivity contribution in [1.82, 2.24) is 0 Å². The van der Waals surface area contributed by atoms with E-state index in [1.54, 1.807) is 5.92 Å². The van der Waals surface area contributed by atoms with Gasteiger partial charge in [-0.1, -0.05) is 32.9 Å². The van der Waals surface area contributed by atoms with Crippen molar-refractivity contribution in [3.05, 3.63) is 5.92 Å². The molecule has 0 aliphatic carbocycles. The van der Waals surface area contributed by atoms with Crippen LogP contribution in [0.5, 0.6) is 0 Å². The van der Waals surface area contributed by atoms with Crippen molar-refractivity contribution in [2.24, 2.45) is 5.92 Å². The molecule has 64 valence electrons. The molecular formula is C9H20SiY-. The molecule has 2 radical (unpaired) electrons. The molecule has 0 saturated carbocycles. The monoisotopic (exact) mass is 245 g/mol. The molecule has 0 unspecified atom stereocenters. The fourth-order valence-corrected chi connectivity index (χ4v) is 2.72. The van der Waals surface area contributed by atoms with Gasteiger partial charge in [0.25, 0.3) is 0 Å². The summed E-state index contributed by atoms with van der Waals surface area (Å²) in [4.78, 5) is 0. The number of rotatable bonds is 4. The van der Waals surface area contributed by atoms with Crippen molar-refractivity contribution in [1.29, 1.82) is 0 Å². The van der Waals surface area contributed by atoms with Gasteiger partial charge in [0.15, 0.2) is 0 Å². The Labute approximate surface area is 99.0 Å². The molecule has 0 heterocycles. The smallest absolute Gasteiger partial charge is 0.0102 e. The van der Waals surface area contributed by atoms with Crippen molar-refractivity contribution in [2.45, 2.75) is 46.3 Å². The zero-order valence-corrected chi connectivity index (χ0v) is 12.4. The first kappa shape index (κ1) is 14.8. The summed E-state index contributed by atoms with van der Waals surface area (Å²) in [6, 6.07) is 1.41. The number of hydrogen-bond donors (Lipinski definition) is 0. The SMILES string of the molecule is C[C-](CC(C)C)C[Si](C)C.[Y]. The molecule has 0 amide bonds. The molecule has 0 fully saturated rings. The summed E-state index contributed by atoms with van der Waals surface area (Å²) in [5.41, 5.74) is 0. The molecule has 0 N–H and O–H groups in total. The third-order valence-corrected chi connectivity index (χ3v) is 2.72. The van der Waals surface area contributed by atoms with E-state index in [0.717, 1.165) is 5.92 Å². The maximum Gasteiger partial charge on any atom is 0.0102 e. The quantitative estimate of drug-likeness (QED) is 0.526. The largest absolute Gasteiger partial charge is 0.319 e. The van der Waals surface area contributed by atoms with Crippen LogP contribution in [0.15, 0.2) is 0 Å². The van der Waals surface area contributed by atoms with E-state index in [1.165, 1.54) is 12.5 Å². The molecule has 0 spiro atoms. The summed E-state index contributed by atoms with van der Waals surface area (Å²) in [5, 5.41) is 0. The second-order valence-electron chi connectivity index (χ2n) is 3.94. The van der Waals surface area contributed by atoms with Gasteiger partial charge in [0, 0.05) is 41.5 Å². The summed E-state index contributed by atoms with van der Waals surface area (Å²) in [6.45, 7) is 11.7. The van der Waals surface area contributed by atoms with Gasteiger partial charge in [0.2, 0.25) is 0 Å². The second-order valence-corrected chi connectivity index (χ2v) is 6.71. The van der Waals surface area contributed by atoms with Gasteiger partial charge < -0.3 is 5.92 Å². The normalized spacial score (nSPS) is 10.9. The van der Waals surface area contributed by atoms with E-state index in [4.69, 9.17) is 0 Å². The first-order valence-electron chi connectivity index (χ1n) is 4.12. The van der Waals surface area contributed by atoms with Crippen LogP contribution < -0.4 is 0 Å². The minimum Gasteiger partial charge on any atom is -0.319 e. The molecular weight excluding hydrogens is 225 g/mol. The van der Waals surface area contributed by atoms with E-state index in [2.05, 4.69) is 33.9 Å². The fourth-order valence-electron chi connectivity index (χ4n) is 1.37. The van der Waals surface area contributed by atoms with Crippen molar-refractivity contribution in [3.8, 4) is 0 Å². The zero-order chi connectivity index (χ0) is 8.15. The van der Waals surface area contributed by atoms with E-state index in [9.17, 15) is 0 Å². The summed E-state index contributed by atoms with van der Waals surface area (Å²) >= 11 is 0. The van der Waals surface area contributed by atoms with E-state index < -0.39 is 0 Å². The molecule has 11 heavy (non-hydrogen) atoms. The fraction of sp³-hybridized carbons (Fsp3) is 0.889. The summed E-state index contributed by atoms with van der Waals surface area (Å²) in [5.74, 6) is 2.55. The van der Waals surface area contributed by atoms with Gasteiger partial charge >= 0.3 is 0 Å². The van der Waals surface area contributed by atoms with Crippen LogP contribution in [0.2, 0.25) is 19.1 Å². The van der Waals surface area contributed by atoms with Gasteiger partial charge in [-0.3, -0.25) is 0 Å². The molecule has 0 bridgehead atoms. The van der Waals surface area contributed by atoms with Gasteiger partial charge in [-0.05, 0) is 0 Å². The van der Waals surface area contributed by atoms with Crippen molar-refractivity contribution < 1.29 is 32.7 Å². The topological polar surface area (TPSA) is 0 Å². The second kappa shape index (κ2) is 7.94. The van der Waals surface area contributed by atoms with Gasteiger partial charge in [0.1, 0.15) is 0 Å². The summed E-state index contributed by atoms with van der Waals surface area (Å²) < 4.78 is 0. The first-order chi connectivity index (χ1) is 4.52. The standard InChI is InChI=1S/C9H20Si.Y/c1-8(2)6-9(3)7-10(4)5;/h8H,6-7H2,1-5H3;/q-1;. The average Bonchev–Trinajstić information content (AvgIpc) is 1.58. The molecule has 2 heteroatoms. The molecule has 0 rings (SSSR count). The van der Waals surface area contributed by atoms with Gasteiger partial charge in [0.05, 0.1) is 0 Å². The summed E-state index contributed by atoms with van der Waals surface area (Å²) in [7, 11) is -0.0159. The molecule has 0 aromatic rings. The van der Waals surface area contributed by atoms with Crippen LogP contribution in [-0.4, -0.2) is 8.80 Å². The van der Waals surface area contributed by atoms with Crippen LogP contribution in [-0.2, 0) is 32.7 Å². The Hall–Kier alpha value is 1.32. The molecule has 0 aliphatic heterocycles. The predicted molar refractivity (Wildman–Crippen MR) is 50.7 cm³/mol. The molecule has 0 atom stereocenters. The first-order valence-corrected chi connectivity index (χ1v) is 6.83. The summed E-state index contributed by atoms with van der Waals surface area (Å²) in [6.07, 6.45) is 1.33. The van der Waals surface area contributed by atoms with Crippen molar-refractivity contribution >= 4 is 8.80 Å². The van der Waals surface area contributed by atoms with E-state index in [-0.39, 0.29) is 41.5 Å². The maximum atomic E-state index is 2.38. The van der Waals surface area contributed by atoms with Crippen molar-refractivity contribution in [2.75, 3.05) is 0 Å². The van der Waals surface area contributed by atoms with Crippen LogP contribution in [0.25, 0.3) is 0 Å². The Morgan fingerprint density at radius 1 is 1.27 bits per heavy atom. The van der Waals surface area contributed by atoms with Crippen molar-refractivity contribution in [3.63, 3.8) is 0 Å². The van der Waals surface area contributed by atoms with Crippen LogP contribution in [0, 0.1) is 11.8 Å². The Morgan fingerprint density at radius 2 is 1.73 bits per heavy atom. The average molecular weight is 245 g/mol. The molecule has 0 saturated heterocycles. The van der Waals surface area contributed by atoms with Crippen LogP contribution in [0.4, 0.5) is 0 Å². The van der Waals surface area contributed by atoms with Crippen LogP contribution in [0.3, 0.4) is 0 Å². The Kier molecular flexibility index (Phi) is 10.7. The molecule has 0 aliphatic rings. The third kappa shape index (κ3) is 11.3. The van der Waals surface area contributed by atoms with Gasteiger partial charge in [-0.15, -0.1) is 0 Å². The van der Waals surface area contributed by atoms with Gasteiger partial charge in [-0.2, -0.15) is 19.4 Å². The van der Waals surface area contributed by atoms with E-state index in [0.29, 0.717) is 0 Å². The Bertz CT molecular complexity index is 71.6. The molecule has 0 aromatic heterocycles. The van der Waals surface area contributed by atoms with E-state index in [1.807, 2.05) is 0 Å². The van der Waals surface area contributed by atoms with Gasteiger partial charge in [-0.25, -0.2) is 0 Å². The Morgan fingerprint density at radius 3 is 2.00 bits per heavy atom. The van der Waals surface area contributed by atoms with Crippen LogP contribution >= 0.6 is 0 Å². The Balaban J connectivity index is 0. The number of hydrogen-bond acceptors (Lipinski definition) is 0. The molecule has 0 nitrogen and oxygen atoms in total. The minimum absolute atomic E-state index is 0. The molecule has 0 aromatic carbocycles. The van der Waals surface area contributed by atoms with E-state index >= 15 is 0 Å². The minimum atomic E-state index is -0.0159. The maximum absolute atomic E-state index is 2.38. The van der Waals surface area contributed by atoms with Crippen LogP contribution in [0.1, 0.15) is 27.2 Å². The predicted octanol–water partition coefficient (Wildman–Crippen LogP) is 3.38. The zero-order valence-electron chi connectivity index (χ0n) is 8.57. The third-order valence-electron chi connectivity index (χ3n) is 1.41.